The van der Waals surface area contributed by atoms with Crippen molar-refractivity contribution in [2.45, 2.75) is 6.18 Å². The summed E-state index contributed by atoms with van der Waals surface area (Å²) in [5.74, 6) is 3.26. The zero-order chi connectivity index (χ0) is 10.8. The molecule has 3 N–H and O–H groups in total. The van der Waals surface area contributed by atoms with Crippen LogP contribution in [0.5, 0.6) is 0 Å². The molecule has 1 rings (SSSR count). The van der Waals surface area contributed by atoms with Crippen molar-refractivity contribution in [3.05, 3.63) is 24.4 Å². The lowest BCUT2D eigenvalue weighted by molar-refractivity contribution is -0.0610. The van der Waals surface area contributed by atoms with E-state index in [1.165, 1.54) is 24.4 Å². The molecule has 0 aromatic carbocycles. The van der Waals surface area contributed by atoms with E-state index in [-0.39, 0.29) is 10.8 Å². The maximum Gasteiger partial charge on any atom is 0.450 e. The van der Waals surface area contributed by atoms with E-state index in [4.69, 9.17) is 11.3 Å². The molecule has 0 atom stereocenters. The monoisotopic (exact) mass is 204 g/mol. The van der Waals surface area contributed by atoms with Crippen molar-refractivity contribution < 1.29 is 13.2 Å². The average Bonchev–Trinajstić information content (AvgIpc) is 2.15. The Balaban J connectivity index is 2.87. The Morgan fingerprint density at radius 3 is 2.50 bits per heavy atom. The standard InChI is InChI=1S/C7H7F3N4/c8-7(9,10)6(11)14(12)5-3-1-2-4-13-5/h1-4,11H,12H2. The van der Waals surface area contributed by atoms with Gasteiger partial charge in [0.1, 0.15) is 5.82 Å². The molecule has 4 nitrogen and oxygen atoms in total. The Labute approximate surface area is 77.6 Å². The fraction of sp³-hybridized carbons (Fsp3) is 0.143. The molecule has 7 heteroatoms. The third-order valence-electron chi connectivity index (χ3n) is 1.41. The Morgan fingerprint density at radius 2 is 2.07 bits per heavy atom. The molecular formula is C7H7F3N4. The maximum atomic E-state index is 12.0. The molecule has 0 aliphatic heterocycles. The van der Waals surface area contributed by atoms with Gasteiger partial charge in [-0.1, -0.05) is 6.07 Å². The smallest absolute Gasteiger partial charge is 0.279 e. The van der Waals surface area contributed by atoms with Crippen molar-refractivity contribution in [2.75, 3.05) is 5.01 Å². The van der Waals surface area contributed by atoms with Crippen LogP contribution in [0.2, 0.25) is 0 Å². The lowest BCUT2D eigenvalue weighted by Gasteiger charge is -2.19. The lowest BCUT2D eigenvalue weighted by atomic mass is 10.4. The van der Waals surface area contributed by atoms with Crippen molar-refractivity contribution in [3.8, 4) is 0 Å². The number of amidine groups is 1. The van der Waals surface area contributed by atoms with Crippen LogP contribution in [0, 0.1) is 5.41 Å². The summed E-state index contributed by atoms with van der Waals surface area (Å²) in [5, 5.41) is 6.90. The molecule has 0 aliphatic carbocycles. The molecular weight excluding hydrogens is 197 g/mol. The van der Waals surface area contributed by atoms with Crippen molar-refractivity contribution in [3.63, 3.8) is 0 Å². The summed E-state index contributed by atoms with van der Waals surface area (Å²) < 4.78 is 36.0. The number of hydrogen-bond donors (Lipinski definition) is 2. The second kappa shape index (κ2) is 3.62. The Morgan fingerprint density at radius 1 is 1.43 bits per heavy atom. The van der Waals surface area contributed by atoms with Crippen molar-refractivity contribution in [1.82, 2.24) is 4.98 Å². The summed E-state index contributed by atoms with van der Waals surface area (Å²) in [4.78, 5) is 3.57. The van der Waals surface area contributed by atoms with E-state index < -0.39 is 12.0 Å². The van der Waals surface area contributed by atoms with Crippen LogP contribution in [-0.2, 0) is 0 Å². The van der Waals surface area contributed by atoms with E-state index in [2.05, 4.69) is 4.98 Å². The Hall–Kier alpha value is -1.63. The number of rotatable bonds is 1. The van der Waals surface area contributed by atoms with Gasteiger partial charge in [0.05, 0.1) is 0 Å². The number of hydrogen-bond acceptors (Lipinski definition) is 3. The van der Waals surface area contributed by atoms with Crippen LogP contribution in [0.3, 0.4) is 0 Å². The van der Waals surface area contributed by atoms with Crippen LogP contribution in [0.15, 0.2) is 24.4 Å². The zero-order valence-corrected chi connectivity index (χ0v) is 6.92. The molecule has 1 heterocycles. The van der Waals surface area contributed by atoms with Gasteiger partial charge >= 0.3 is 6.18 Å². The number of nitrogens with two attached hydrogens (primary N) is 1. The van der Waals surface area contributed by atoms with Crippen molar-refractivity contribution in [1.29, 1.82) is 5.41 Å². The van der Waals surface area contributed by atoms with Crippen molar-refractivity contribution >= 4 is 11.7 Å². The van der Waals surface area contributed by atoms with E-state index in [9.17, 15) is 13.2 Å². The Kier molecular flexibility index (Phi) is 2.70. The fourth-order valence-electron chi connectivity index (χ4n) is 0.747. The minimum atomic E-state index is -4.77. The molecule has 14 heavy (non-hydrogen) atoms. The summed E-state index contributed by atoms with van der Waals surface area (Å²) in [6.07, 6.45) is -3.48. The van der Waals surface area contributed by atoms with Crippen LogP contribution < -0.4 is 10.9 Å². The third-order valence-corrected chi connectivity index (χ3v) is 1.41. The normalized spacial score (nSPS) is 11.1. The van der Waals surface area contributed by atoms with Crippen molar-refractivity contribution in [2.24, 2.45) is 5.84 Å². The second-order valence-corrected chi connectivity index (χ2v) is 2.40. The number of alkyl halides is 3. The SMILES string of the molecule is N=C(N(N)c1ccccn1)C(F)(F)F. The van der Waals surface area contributed by atoms with Gasteiger partial charge in [0.15, 0.2) is 0 Å². The number of nitrogens with zero attached hydrogens (tertiary/aromatic N) is 2. The highest BCUT2D eigenvalue weighted by Crippen LogP contribution is 2.19. The van der Waals surface area contributed by atoms with Gasteiger partial charge in [-0.15, -0.1) is 0 Å². The van der Waals surface area contributed by atoms with Crippen LogP contribution in [-0.4, -0.2) is 17.0 Å². The van der Waals surface area contributed by atoms with E-state index in [1.807, 2.05) is 0 Å². The quantitative estimate of drug-likeness (QED) is 0.313. The molecule has 0 fully saturated rings. The van der Waals surface area contributed by atoms with Crippen LogP contribution in [0.1, 0.15) is 0 Å². The van der Waals surface area contributed by atoms with Gasteiger partial charge in [0, 0.05) is 6.20 Å². The third kappa shape index (κ3) is 2.19. The van der Waals surface area contributed by atoms with E-state index >= 15 is 0 Å². The highest BCUT2D eigenvalue weighted by Gasteiger charge is 2.38. The molecule has 0 amide bonds. The number of nitrogens with one attached hydrogen (secondary N) is 1. The first-order valence-corrected chi connectivity index (χ1v) is 3.54. The first-order chi connectivity index (χ1) is 6.43. The van der Waals surface area contributed by atoms with E-state index in [0.29, 0.717) is 0 Å². The van der Waals surface area contributed by atoms with Gasteiger partial charge in [-0.05, 0) is 12.1 Å². The molecule has 1 aromatic rings. The molecule has 0 saturated carbocycles. The van der Waals surface area contributed by atoms with Gasteiger partial charge in [0.25, 0.3) is 0 Å². The minimum Gasteiger partial charge on any atom is -0.279 e. The summed E-state index contributed by atoms with van der Waals surface area (Å²) in [6, 6.07) is 4.29. The van der Waals surface area contributed by atoms with E-state index in [0.717, 1.165) is 0 Å². The van der Waals surface area contributed by atoms with Crippen LogP contribution >= 0.6 is 0 Å². The van der Waals surface area contributed by atoms with Gasteiger partial charge in [-0.25, -0.2) is 15.8 Å². The summed E-state index contributed by atoms with van der Waals surface area (Å²) in [5.41, 5.74) is 0. The number of aromatic nitrogens is 1. The number of pyridine rings is 1. The minimum absolute atomic E-state index is 0.130. The lowest BCUT2D eigenvalue weighted by Crippen LogP contribution is -2.45. The predicted molar refractivity (Wildman–Crippen MR) is 44.7 cm³/mol. The van der Waals surface area contributed by atoms with Crippen LogP contribution in [0.4, 0.5) is 19.0 Å². The Bertz CT molecular complexity index is 321. The number of halogens is 3. The zero-order valence-electron chi connectivity index (χ0n) is 6.92. The maximum absolute atomic E-state index is 12.0. The molecule has 1 aromatic heterocycles. The number of anilines is 1. The number of hydrazine groups is 1. The average molecular weight is 204 g/mol. The molecule has 0 aliphatic rings. The highest BCUT2D eigenvalue weighted by atomic mass is 19.4. The van der Waals surface area contributed by atoms with Gasteiger partial charge in [-0.2, -0.15) is 13.2 Å². The van der Waals surface area contributed by atoms with Gasteiger partial charge in [-0.3, -0.25) is 5.41 Å². The summed E-state index contributed by atoms with van der Waals surface area (Å²) in [7, 11) is 0. The highest BCUT2D eigenvalue weighted by molar-refractivity contribution is 5.97. The van der Waals surface area contributed by atoms with Gasteiger partial charge in [0.2, 0.25) is 5.84 Å². The predicted octanol–water partition coefficient (Wildman–Crippen LogP) is 1.30. The molecule has 76 valence electrons. The fourth-order valence-corrected chi connectivity index (χ4v) is 0.747. The second-order valence-electron chi connectivity index (χ2n) is 2.40. The topological polar surface area (TPSA) is 66.0 Å². The summed E-state index contributed by atoms with van der Waals surface area (Å²) >= 11 is 0. The van der Waals surface area contributed by atoms with Gasteiger partial charge < -0.3 is 0 Å². The molecule has 0 radical (unpaired) electrons. The van der Waals surface area contributed by atoms with Crippen LogP contribution in [0.25, 0.3) is 0 Å². The first kappa shape index (κ1) is 10.5. The van der Waals surface area contributed by atoms with E-state index in [1.54, 1.807) is 0 Å². The largest absolute Gasteiger partial charge is 0.450 e. The summed E-state index contributed by atoms with van der Waals surface area (Å²) in [6.45, 7) is 0. The first-order valence-electron chi connectivity index (χ1n) is 3.54. The molecule has 0 bridgehead atoms. The molecule has 0 saturated heterocycles. The molecule has 0 unspecified atom stereocenters. The molecule has 0 spiro atoms.